The second kappa shape index (κ2) is 6.62. The molecule has 0 spiro atoms. The van der Waals surface area contributed by atoms with Crippen molar-refractivity contribution < 1.29 is 5.11 Å². The van der Waals surface area contributed by atoms with Crippen LogP contribution >= 0.6 is 0 Å². The van der Waals surface area contributed by atoms with Crippen LogP contribution in [0.25, 0.3) is 0 Å². The van der Waals surface area contributed by atoms with Gasteiger partial charge in [-0.1, -0.05) is 13.8 Å². The summed E-state index contributed by atoms with van der Waals surface area (Å²) >= 11 is 0. The first-order chi connectivity index (χ1) is 5.16. The van der Waals surface area contributed by atoms with E-state index in [1.165, 1.54) is 12.8 Å². The van der Waals surface area contributed by atoms with E-state index < -0.39 is 0 Å². The van der Waals surface area contributed by atoms with E-state index in [9.17, 15) is 0 Å². The van der Waals surface area contributed by atoms with Crippen LogP contribution in [-0.4, -0.2) is 36.8 Å². The van der Waals surface area contributed by atoms with Crippen molar-refractivity contribution in [1.82, 2.24) is 4.90 Å². The Kier molecular flexibility index (Phi) is 6.57. The minimum atomic E-state index is 0.276. The zero-order chi connectivity index (χ0) is 8.69. The van der Waals surface area contributed by atoms with Crippen LogP contribution in [0, 0.1) is 5.92 Å². The summed E-state index contributed by atoms with van der Waals surface area (Å²) < 4.78 is 0. The lowest BCUT2D eigenvalue weighted by molar-refractivity contribution is 0.218. The number of aliphatic hydroxyl groups is 1. The van der Waals surface area contributed by atoms with Gasteiger partial charge < -0.3 is 10.0 Å². The van der Waals surface area contributed by atoms with Gasteiger partial charge in [-0.05, 0) is 32.4 Å². The summed E-state index contributed by atoms with van der Waals surface area (Å²) in [4.78, 5) is 2.17. The Morgan fingerprint density at radius 1 is 1.27 bits per heavy atom. The Hall–Kier alpha value is -0.0800. The predicted octanol–water partition coefficient (Wildman–Crippen LogP) is 1.35. The van der Waals surface area contributed by atoms with Gasteiger partial charge in [-0.2, -0.15) is 0 Å². The van der Waals surface area contributed by atoms with Crippen molar-refractivity contribution in [3.63, 3.8) is 0 Å². The molecule has 0 fully saturated rings. The lowest BCUT2D eigenvalue weighted by Gasteiger charge is -2.15. The fourth-order valence-corrected chi connectivity index (χ4v) is 1.05. The summed E-state index contributed by atoms with van der Waals surface area (Å²) in [5.74, 6) is 0.803. The quantitative estimate of drug-likeness (QED) is 0.632. The maximum absolute atomic E-state index is 8.60. The second-order valence-electron chi connectivity index (χ2n) is 3.56. The SMILES string of the molecule is CC(C)CCCN(C)CCO. The van der Waals surface area contributed by atoms with Gasteiger partial charge in [0.05, 0.1) is 6.61 Å². The van der Waals surface area contributed by atoms with Gasteiger partial charge in [-0.3, -0.25) is 0 Å². The van der Waals surface area contributed by atoms with Gasteiger partial charge in [0.15, 0.2) is 0 Å². The molecule has 0 aliphatic carbocycles. The molecule has 0 radical (unpaired) electrons. The molecule has 0 aromatic carbocycles. The first-order valence-electron chi connectivity index (χ1n) is 4.46. The molecular weight excluding hydrogens is 138 g/mol. The average molecular weight is 159 g/mol. The van der Waals surface area contributed by atoms with Crippen molar-refractivity contribution in [2.45, 2.75) is 26.7 Å². The molecule has 0 atom stereocenters. The number of aliphatic hydroxyl groups excluding tert-OH is 1. The predicted molar refractivity (Wildman–Crippen MR) is 48.7 cm³/mol. The van der Waals surface area contributed by atoms with E-state index in [4.69, 9.17) is 5.11 Å². The van der Waals surface area contributed by atoms with Crippen LogP contribution in [0.4, 0.5) is 0 Å². The molecule has 0 aromatic rings. The fourth-order valence-electron chi connectivity index (χ4n) is 1.05. The summed E-state index contributed by atoms with van der Waals surface area (Å²) in [6, 6.07) is 0. The van der Waals surface area contributed by atoms with Crippen LogP contribution in [-0.2, 0) is 0 Å². The van der Waals surface area contributed by atoms with Crippen LogP contribution in [0.2, 0.25) is 0 Å². The highest BCUT2D eigenvalue weighted by atomic mass is 16.3. The summed E-state index contributed by atoms with van der Waals surface area (Å²) in [6.45, 7) is 6.67. The molecule has 11 heavy (non-hydrogen) atoms. The van der Waals surface area contributed by atoms with Crippen molar-refractivity contribution in [2.24, 2.45) is 5.92 Å². The third-order valence-electron chi connectivity index (χ3n) is 1.80. The van der Waals surface area contributed by atoms with Gasteiger partial charge in [0, 0.05) is 6.54 Å². The second-order valence-corrected chi connectivity index (χ2v) is 3.56. The van der Waals surface area contributed by atoms with E-state index in [-0.39, 0.29) is 6.61 Å². The number of hydrogen-bond donors (Lipinski definition) is 1. The van der Waals surface area contributed by atoms with E-state index in [0.717, 1.165) is 19.0 Å². The molecule has 68 valence electrons. The normalized spacial score (nSPS) is 11.5. The average Bonchev–Trinajstić information content (AvgIpc) is 1.87. The van der Waals surface area contributed by atoms with E-state index in [1.807, 2.05) is 0 Å². The third kappa shape index (κ3) is 7.82. The number of nitrogens with zero attached hydrogens (tertiary/aromatic N) is 1. The Labute approximate surface area is 70.2 Å². The zero-order valence-corrected chi connectivity index (χ0v) is 8.01. The minimum absolute atomic E-state index is 0.276. The summed E-state index contributed by atoms with van der Waals surface area (Å²) in [7, 11) is 2.05. The molecule has 0 aliphatic heterocycles. The van der Waals surface area contributed by atoms with Crippen molar-refractivity contribution in [1.29, 1.82) is 0 Å². The van der Waals surface area contributed by atoms with Gasteiger partial charge in [0.2, 0.25) is 0 Å². The Morgan fingerprint density at radius 3 is 2.36 bits per heavy atom. The van der Waals surface area contributed by atoms with Crippen LogP contribution in [0.15, 0.2) is 0 Å². The van der Waals surface area contributed by atoms with Gasteiger partial charge in [0.25, 0.3) is 0 Å². The number of rotatable bonds is 6. The highest BCUT2D eigenvalue weighted by molar-refractivity contribution is 4.52. The molecule has 0 aliphatic rings. The molecule has 1 N–H and O–H groups in total. The first-order valence-corrected chi connectivity index (χ1v) is 4.46. The van der Waals surface area contributed by atoms with Gasteiger partial charge >= 0.3 is 0 Å². The highest BCUT2D eigenvalue weighted by Gasteiger charge is 1.97. The van der Waals surface area contributed by atoms with E-state index in [0.29, 0.717) is 0 Å². The smallest absolute Gasteiger partial charge is 0.0558 e. The third-order valence-corrected chi connectivity index (χ3v) is 1.80. The molecule has 2 nitrogen and oxygen atoms in total. The Morgan fingerprint density at radius 2 is 1.91 bits per heavy atom. The van der Waals surface area contributed by atoms with Gasteiger partial charge in [0.1, 0.15) is 0 Å². The van der Waals surface area contributed by atoms with E-state index in [1.54, 1.807) is 0 Å². The van der Waals surface area contributed by atoms with Crippen molar-refractivity contribution in [2.75, 3.05) is 26.7 Å². The molecule has 0 heterocycles. The zero-order valence-electron chi connectivity index (χ0n) is 8.01. The lowest BCUT2D eigenvalue weighted by Crippen LogP contribution is -2.23. The molecule has 0 rings (SSSR count). The van der Waals surface area contributed by atoms with Crippen LogP contribution in [0.3, 0.4) is 0 Å². The topological polar surface area (TPSA) is 23.5 Å². The monoisotopic (exact) mass is 159 g/mol. The largest absolute Gasteiger partial charge is 0.395 e. The summed E-state index contributed by atoms with van der Waals surface area (Å²) in [6.07, 6.45) is 2.53. The summed E-state index contributed by atoms with van der Waals surface area (Å²) in [5, 5.41) is 8.60. The maximum atomic E-state index is 8.60. The molecular formula is C9H21NO. The maximum Gasteiger partial charge on any atom is 0.0558 e. The molecule has 0 unspecified atom stereocenters. The van der Waals surface area contributed by atoms with Crippen molar-refractivity contribution >= 4 is 0 Å². The molecule has 2 heteroatoms. The first kappa shape index (κ1) is 10.9. The van der Waals surface area contributed by atoms with Gasteiger partial charge in [-0.15, -0.1) is 0 Å². The van der Waals surface area contributed by atoms with Crippen molar-refractivity contribution in [3.05, 3.63) is 0 Å². The number of likely N-dealkylation sites (N-methyl/N-ethyl adjacent to an activating group) is 1. The van der Waals surface area contributed by atoms with Crippen LogP contribution in [0.5, 0.6) is 0 Å². The molecule has 0 aromatic heterocycles. The molecule has 0 saturated heterocycles. The minimum Gasteiger partial charge on any atom is -0.395 e. The van der Waals surface area contributed by atoms with E-state index >= 15 is 0 Å². The Balaban J connectivity index is 3.10. The Bertz CT molecular complexity index is 83.6. The van der Waals surface area contributed by atoms with Crippen molar-refractivity contribution in [3.8, 4) is 0 Å². The number of hydrogen-bond acceptors (Lipinski definition) is 2. The van der Waals surface area contributed by atoms with Crippen LogP contribution < -0.4 is 0 Å². The molecule has 0 bridgehead atoms. The van der Waals surface area contributed by atoms with Crippen LogP contribution in [0.1, 0.15) is 26.7 Å². The molecule has 0 amide bonds. The fraction of sp³-hybridized carbons (Fsp3) is 1.00. The van der Waals surface area contributed by atoms with E-state index in [2.05, 4.69) is 25.8 Å². The lowest BCUT2D eigenvalue weighted by atomic mass is 10.1. The van der Waals surface area contributed by atoms with Gasteiger partial charge in [-0.25, -0.2) is 0 Å². The standard InChI is InChI=1S/C9H21NO/c1-9(2)5-4-6-10(3)7-8-11/h9,11H,4-8H2,1-3H3. The molecule has 0 saturated carbocycles. The summed E-state index contributed by atoms with van der Waals surface area (Å²) in [5.41, 5.74) is 0. The highest BCUT2D eigenvalue weighted by Crippen LogP contribution is 2.03.